The molecule has 1 atom stereocenters. The number of nitrogens with one attached hydrogen (secondary N) is 2. The average molecular weight is 667 g/mol. The maximum atomic E-state index is 12.8. The number of carbonyl (C=O) groups is 5. The third-order valence-electron chi connectivity index (χ3n) is 9.58. The zero-order chi connectivity index (χ0) is 34.5. The quantitative estimate of drug-likeness (QED) is 0.0565. The van der Waals surface area contributed by atoms with Crippen LogP contribution in [0.5, 0.6) is 0 Å². The highest BCUT2D eigenvalue weighted by molar-refractivity contribution is 5.86. The molecule has 0 aromatic carbocycles. The number of ketones is 1. The molecule has 10 heteroatoms. The van der Waals surface area contributed by atoms with Crippen LogP contribution in [0, 0.1) is 17.8 Å². The summed E-state index contributed by atoms with van der Waals surface area (Å²) in [7, 11) is 1.54. The lowest BCUT2D eigenvalue weighted by molar-refractivity contribution is -0.145. The minimum Gasteiger partial charge on any atom is -0.481 e. The Hall–Kier alpha value is -2.49. The Bertz CT molecular complexity index is 872. The second-order valence-electron chi connectivity index (χ2n) is 13.7. The van der Waals surface area contributed by atoms with Crippen LogP contribution in [0.15, 0.2) is 0 Å². The molecule has 1 unspecified atom stereocenters. The van der Waals surface area contributed by atoms with Crippen LogP contribution in [0.4, 0.5) is 0 Å². The molecule has 0 aromatic heterocycles. The summed E-state index contributed by atoms with van der Waals surface area (Å²) in [4.78, 5) is 59.2. The van der Waals surface area contributed by atoms with Gasteiger partial charge in [0.2, 0.25) is 11.8 Å². The fraction of sp³-hybridized carbons (Fsp3) is 0.865. The number of aliphatic carboxylic acids is 2. The molecule has 1 aliphatic rings. The minimum absolute atomic E-state index is 0.0225. The van der Waals surface area contributed by atoms with Gasteiger partial charge >= 0.3 is 11.9 Å². The van der Waals surface area contributed by atoms with E-state index in [9.17, 15) is 29.1 Å². The molecular formula is C37H66N2O8. The van der Waals surface area contributed by atoms with E-state index >= 15 is 0 Å². The molecule has 1 aliphatic carbocycles. The topological polar surface area (TPSA) is 159 Å². The minimum atomic E-state index is -1.03. The molecule has 10 nitrogen and oxygen atoms in total. The van der Waals surface area contributed by atoms with Crippen LogP contribution in [0.1, 0.15) is 161 Å². The van der Waals surface area contributed by atoms with E-state index in [1.165, 1.54) is 70.6 Å². The molecule has 0 heterocycles. The molecule has 272 valence electrons. The number of hydrogen-bond donors (Lipinski definition) is 4. The summed E-state index contributed by atoms with van der Waals surface area (Å²) < 4.78 is 4.89. The van der Waals surface area contributed by atoms with Gasteiger partial charge in [0.05, 0.1) is 12.5 Å². The SMILES string of the molecule is COCCNC(=O)CCC(CC(=O)C1CCC(CNC(=O)CCCCCCCCCCCCCCCCCCC(=O)O)CC1)C(=O)O. The molecule has 1 rings (SSSR count). The number of Topliss-reactive ketones (excluding diaryl/α,β-unsaturated/α-hetero) is 1. The predicted molar refractivity (Wildman–Crippen MR) is 184 cm³/mol. The van der Waals surface area contributed by atoms with Crippen molar-refractivity contribution in [2.24, 2.45) is 17.8 Å². The van der Waals surface area contributed by atoms with E-state index in [4.69, 9.17) is 9.84 Å². The van der Waals surface area contributed by atoms with E-state index in [0.717, 1.165) is 57.8 Å². The summed E-state index contributed by atoms with van der Waals surface area (Å²) in [5, 5.41) is 24.0. The van der Waals surface area contributed by atoms with E-state index in [1.54, 1.807) is 7.11 Å². The van der Waals surface area contributed by atoms with Crippen molar-refractivity contribution in [3.8, 4) is 0 Å². The number of carboxylic acid groups (broad SMARTS) is 2. The van der Waals surface area contributed by atoms with Crippen molar-refractivity contribution in [1.82, 2.24) is 10.6 Å². The first-order chi connectivity index (χ1) is 22.7. The highest BCUT2D eigenvalue weighted by Gasteiger charge is 2.30. The molecule has 0 saturated heterocycles. The summed E-state index contributed by atoms with van der Waals surface area (Å²) in [6.45, 7) is 1.41. The first-order valence-corrected chi connectivity index (χ1v) is 18.7. The van der Waals surface area contributed by atoms with Crippen molar-refractivity contribution in [2.75, 3.05) is 26.8 Å². The lowest BCUT2D eigenvalue weighted by Gasteiger charge is -2.28. The van der Waals surface area contributed by atoms with Gasteiger partial charge in [-0.3, -0.25) is 24.0 Å². The van der Waals surface area contributed by atoms with Crippen molar-refractivity contribution in [2.45, 2.75) is 161 Å². The van der Waals surface area contributed by atoms with Gasteiger partial charge in [-0.15, -0.1) is 0 Å². The molecule has 1 fully saturated rings. The molecule has 0 bridgehead atoms. The van der Waals surface area contributed by atoms with Crippen LogP contribution >= 0.6 is 0 Å². The Morgan fingerprint density at radius 2 is 1.11 bits per heavy atom. The number of amides is 2. The van der Waals surface area contributed by atoms with Gasteiger partial charge in [-0.2, -0.15) is 0 Å². The zero-order valence-corrected chi connectivity index (χ0v) is 29.4. The first kappa shape index (κ1) is 42.5. The number of rotatable bonds is 31. The van der Waals surface area contributed by atoms with Crippen molar-refractivity contribution >= 4 is 29.5 Å². The van der Waals surface area contributed by atoms with Gasteiger partial charge in [-0.25, -0.2) is 0 Å². The molecule has 0 radical (unpaired) electrons. The summed E-state index contributed by atoms with van der Waals surface area (Å²) in [6, 6.07) is 0. The van der Waals surface area contributed by atoms with Crippen LogP contribution in [0.3, 0.4) is 0 Å². The largest absolute Gasteiger partial charge is 0.481 e. The maximum Gasteiger partial charge on any atom is 0.306 e. The van der Waals surface area contributed by atoms with Crippen LogP contribution < -0.4 is 10.6 Å². The summed E-state index contributed by atoms with van der Waals surface area (Å²) in [6.07, 6.45) is 23.3. The van der Waals surface area contributed by atoms with Crippen molar-refractivity contribution in [1.29, 1.82) is 0 Å². The molecule has 4 N–H and O–H groups in total. The first-order valence-electron chi connectivity index (χ1n) is 18.7. The summed E-state index contributed by atoms with van der Waals surface area (Å²) in [5.41, 5.74) is 0. The van der Waals surface area contributed by atoms with Crippen LogP contribution in [0.2, 0.25) is 0 Å². The van der Waals surface area contributed by atoms with Gasteiger partial charge in [0.1, 0.15) is 5.78 Å². The van der Waals surface area contributed by atoms with Gasteiger partial charge in [0.15, 0.2) is 0 Å². The number of methoxy groups -OCH3 is 1. The number of carboxylic acids is 2. The average Bonchev–Trinajstić information content (AvgIpc) is 3.05. The number of hydrogen-bond acceptors (Lipinski definition) is 6. The fourth-order valence-corrected chi connectivity index (χ4v) is 6.48. The smallest absolute Gasteiger partial charge is 0.306 e. The van der Waals surface area contributed by atoms with Crippen molar-refractivity contribution in [3.05, 3.63) is 0 Å². The second-order valence-corrected chi connectivity index (χ2v) is 13.7. The van der Waals surface area contributed by atoms with Gasteiger partial charge in [0, 0.05) is 51.8 Å². The van der Waals surface area contributed by atoms with Crippen LogP contribution in [-0.2, 0) is 28.7 Å². The Balaban J connectivity index is 1.98. The summed E-state index contributed by atoms with van der Waals surface area (Å²) >= 11 is 0. The molecule has 0 aliphatic heterocycles. The van der Waals surface area contributed by atoms with E-state index in [-0.39, 0.29) is 42.8 Å². The number of carbonyl (C=O) groups excluding carboxylic acids is 3. The molecule has 0 aromatic rings. The highest BCUT2D eigenvalue weighted by atomic mass is 16.5. The lowest BCUT2D eigenvalue weighted by Crippen LogP contribution is -2.33. The Kier molecular flexibility index (Phi) is 25.8. The van der Waals surface area contributed by atoms with Crippen LogP contribution in [-0.4, -0.2) is 66.6 Å². The molecular weight excluding hydrogens is 600 g/mol. The number of ether oxygens (including phenoxy) is 1. The van der Waals surface area contributed by atoms with Crippen LogP contribution in [0.25, 0.3) is 0 Å². The Morgan fingerprint density at radius 1 is 0.638 bits per heavy atom. The zero-order valence-electron chi connectivity index (χ0n) is 29.4. The third kappa shape index (κ3) is 24.3. The Morgan fingerprint density at radius 3 is 1.57 bits per heavy atom. The van der Waals surface area contributed by atoms with Gasteiger partial charge in [0.25, 0.3) is 0 Å². The van der Waals surface area contributed by atoms with E-state index in [2.05, 4.69) is 10.6 Å². The molecule has 1 saturated carbocycles. The molecule has 2 amide bonds. The third-order valence-corrected chi connectivity index (χ3v) is 9.58. The lowest BCUT2D eigenvalue weighted by atomic mass is 9.78. The maximum absolute atomic E-state index is 12.8. The van der Waals surface area contributed by atoms with E-state index in [0.29, 0.717) is 38.5 Å². The normalized spacial score (nSPS) is 16.8. The number of unbranched alkanes of at least 4 members (excludes halogenated alkanes) is 15. The molecule has 47 heavy (non-hydrogen) atoms. The second kappa shape index (κ2) is 28.5. The highest BCUT2D eigenvalue weighted by Crippen LogP contribution is 2.31. The van der Waals surface area contributed by atoms with Crippen molar-refractivity contribution in [3.63, 3.8) is 0 Å². The van der Waals surface area contributed by atoms with E-state index < -0.39 is 17.9 Å². The standard InChI is InChI=1S/C37H66N2O8/c1-47-27-26-38-35(42)25-24-32(37(45)46)28-33(40)31-22-20-30(21-23-31)29-39-34(41)18-16-14-12-10-8-6-4-2-3-5-7-9-11-13-15-17-19-36(43)44/h30-32H,2-29H2,1H3,(H,38,42)(H,39,41)(H,43,44)(H,45,46). The Labute approximate surface area is 283 Å². The van der Waals surface area contributed by atoms with Gasteiger partial charge < -0.3 is 25.6 Å². The monoisotopic (exact) mass is 666 g/mol. The van der Waals surface area contributed by atoms with Gasteiger partial charge in [-0.1, -0.05) is 89.9 Å². The van der Waals surface area contributed by atoms with E-state index in [1.807, 2.05) is 0 Å². The van der Waals surface area contributed by atoms with Gasteiger partial charge in [-0.05, 0) is 50.9 Å². The van der Waals surface area contributed by atoms with Crippen molar-refractivity contribution < 1.29 is 38.9 Å². The fourth-order valence-electron chi connectivity index (χ4n) is 6.48. The predicted octanol–water partition coefficient (Wildman–Crippen LogP) is 7.22. The molecule has 0 spiro atoms. The summed E-state index contributed by atoms with van der Waals surface area (Å²) in [5.74, 6) is -2.49.